The maximum absolute atomic E-state index is 5.06. The minimum absolute atomic E-state index is 0.737. The van der Waals surface area contributed by atoms with E-state index in [0.29, 0.717) is 0 Å². The van der Waals surface area contributed by atoms with Gasteiger partial charge in [-0.2, -0.15) is 4.98 Å². The predicted octanol–water partition coefficient (Wildman–Crippen LogP) is 1.17. The van der Waals surface area contributed by atoms with Crippen molar-refractivity contribution < 1.29 is 4.52 Å². The molecule has 0 bridgehead atoms. The number of nitrogens with zero attached hydrogens (tertiary/aromatic N) is 2. The molecule has 0 aliphatic carbocycles. The van der Waals surface area contributed by atoms with Crippen molar-refractivity contribution in [2.75, 3.05) is 13.6 Å². The lowest BCUT2D eigenvalue weighted by molar-refractivity contribution is 0.371. The second-order valence-corrected chi connectivity index (χ2v) is 3.06. The molecule has 0 fully saturated rings. The van der Waals surface area contributed by atoms with Crippen LogP contribution in [0.25, 0.3) is 0 Å². The molecule has 1 aromatic rings. The van der Waals surface area contributed by atoms with E-state index < -0.39 is 0 Å². The Labute approximate surface area is 78.7 Å². The smallest absolute Gasteiger partial charge is 0.227 e. The summed E-state index contributed by atoms with van der Waals surface area (Å²) in [6.45, 7) is 3.04. The zero-order valence-corrected chi connectivity index (χ0v) is 8.34. The maximum atomic E-state index is 5.06. The number of hydrogen-bond acceptors (Lipinski definition) is 4. The van der Waals surface area contributed by atoms with E-state index in [1.807, 2.05) is 7.05 Å². The van der Waals surface area contributed by atoms with Crippen LogP contribution in [0, 0.1) is 0 Å². The molecule has 0 saturated heterocycles. The molecular formula is C9H17N3O. The Morgan fingerprint density at radius 2 is 2.23 bits per heavy atom. The fraction of sp³-hybridized carbons (Fsp3) is 0.778. The lowest BCUT2D eigenvalue weighted by Crippen LogP contribution is -2.10. The van der Waals surface area contributed by atoms with Gasteiger partial charge in [0.15, 0.2) is 5.82 Å². The van der Waals surface area contributed by atoms with Crippen LogP contribution in [-0.2, 0) is 12.8 Å². The van der Waals surface area contributed by atoms with Crippen molar-refractivity contribution in [1.29, 1.82) is 0 Å². The molecule has 0 unspecified atom stereocenters. The van der Waals surface area contributed by atoms with E-state index in [2.05, 4.69) is 22.4 Å². The van der Waals surface area contributed by atoms with Crippen molar-refractivity contribution in [3.63, 3.8) is 0 Å². The molecule has 1 rings (SSSR count). The van der Waals surface area contributed by atoms with Crippen LogP contribution in [0.4, 0.5) is 0 Å². The van der Waals surface area contributed by atoms with Crippen LogP contribution in [0.15, 0.2) is 4.52 Å². The topological polar surface area (TPSA) is 51.0 Å². The SMILES string of the molecule is CCCCc1noc(CCNC)n1. The summed E-state index contributed by atoms with van der Waals surface area (Å²) in [5.74, 6) is 1.58. The van der Waals surface area contributed by atoms with Crippen LogP contribution < -0.4 is 5.32 Å². The quantitative estimate of drug-likeness (QED) is 0.719. The summed E-state index contributed by atoms with van der Waals surface area (Å²) in [5.41, 5.74) is 0. The van der Waals surface area contributed by atoms with Crippen LogP contribution in [0.3, 0.4) is 0 Å². The first kappa shape index (κ1) is 10.2. The van der Waals surface area contributed by atoms with Crippen LogP contribution >= 0.6 is 0 Å². The fourth-order valence-electron chi connectivity index (χ4n) is 1.06. The lowest BCUT2D eigenvalue weighted by Gasteiger charge is -1.91. The molecule has 1 heterocycles. The monoisotopic (exact) mass is 183 g/mol. The van der Waals surface area contributed by atoms with Gasteiger partial charge < -0.3 is 9.84 Å². The van der Waals surface area contributed by atoms with Gasteiger partial charge in [0.25, 0.3) is 0 Å². The van der Waals surface area contributed by atoms with Gasteiger partial charge in [0, 0.05) is 19.4 Å². The Morgan fingerprint density at radius 3 is 2.92 bits per heavy atom. The van der Waals surface area contributed by atoms with Crippen molar-refractivity contribution in [3.8, 4) is 0 Å². The number of aryl methyl sites for hydroxylation is 1. The minimum atomic E-state index is 0.737. The fourth-order valence-corrected chi connectivity index (χ4v) is 1.06. The molecule has 0 amide bonds. The Morgan fingerprint density at radius 1 is 1.38 bits per heavy atom. The van der Waals surface area contributed by atoms with Crippen LogP contribution in [0.5, 0.6) is 0 Å². The Hall–Kier alpha value is -0.900. The average Bonchev–Trinajstić information content (AvgIpc) is 2.59. The Kier molecular flexibility index (Phi) is 4.46. The van der Waals surface area contributed by atoms with Gasteiger partial charge in [0.2, 0.25) is 5.89 Å². The van der Waals surface area contributed by atoms with Gasteiger partial charge in [-0.15, -0.1) is 0 Å². The summed E-state index contributed by atoms with van der Waals surface area (Å²) in [6, 6.07) is 0. The molecule has 1 aromatic heterocycles. The number of nitrogens with one attached hydrogen (secondary N) is 1. The van der Waals surface area contributed by atoms with Gasteiger partial charge in [-0.3, -0.25) is 0 Å². The molecule has 4 nitrogen and oxygen atoms in total. The highest BCUT2D eigenvalue weighted by atomic mass is 16.5. The van der Waals surface area contributed by atoms with Crippen molar-refractivity contribution in [3.05, 3.63) is 11.7 Å². The zero-order chi connectivity index (χ0) is 9.52. The second kappa shape index (κ2) is 5.70. The standard InChI is InChI=1S/C9H17N3O/c1-3-4-5-8-11-9(13-12-8)6-7-10-2/h10H,3-7H2,1-2H3. The number of aromatic nitrogens is 2. The van der Waals surface area contributed by atoms with Crippen molar-refractivity contribution >= 4 is 0 Å². The molecular weight excluding hydrogens is 166 g/mol. The molecule has 13 heavy (non-hydrogen) atoms. The van der Waals surface area contributed by atoms with E-state index in [9.17, 15) is 0 Å². The van der Waals surface area contributed by atoms with Gasteiger partial charge in [0.05, 0.1) is 0 Å². The molecule has 0 radical (unpaired) electrons. The van der Waals surface area contributed by atoms with Crippen LogP contribution in [-0.4, -0.2) is 23.7 Å². The molecule has 0 atom stereocenters. The van der Waals surface area contributed by atoms with Crippen molar-refractivity contribution in [1.82, 2.24) is 15.5 Å². The summed E-state index contributed by atoms with van der Waals surface area (Å²) in [5, 5.41) is 6.93. The first-order valence-electron chi connectivity index (χ1n) is 4.83. The van der Waals surface area contributed by atoms with E-state index >= 15 is 0 Å². The van der Waals surface area contributed by atoms with Crippen LogP contribution in [0.1, 0.15) is 31.5 Å². The molecule has 4 heteroatoms. The van der Waals surface area contributed by atoms with Gasteiger partial charge in [-0.1, -0.05) is 18.5 Å². The van der Waals surface area contributed by atoms with E-state index in [4.69, 9.17) is 4.52 Å². The molecule has 74 valence electrons. The van der Waals surface area contributed by atoms with Crippen LogP contribution in [0.2, 0.25) is 0 Å². The normalized spacial score (nSPS) is 10.6. The summed E-state index contributed by atoms with van der Waals surface area (Å²) < 4.78 is 5.06. The van der Waals surface area contributed by atoms with E-state index in [1.54, 1.807) is 0 Å². The van der Waals surface area contributed by atoms with Gasteiger partial charge in [0.1, 0.15) is 0 Å². The van der Waals surface area contributed by atoms with E-state index in [0.717, 1.165) is 37.5 Å². The van der Waals surface area contributed by atoms with Gasteiger partial charge in [-0.05, 0) is 13.5 Å². The van der Waals surface area contributed by atoms with Crippen molar-refractivity contribution in [2.45, 2.75) is 32.6 Å². The first-order chi connectivity index (χ1) is 6.36. The number of rotatable bonds is 6. The molecule has 0 aromatic carbocycles. The highest BCUT2D eigenvalue weighted by Gasteiger charge is 2.04. The highest BCUT2D eigenvalue weighted by Crippen LogP contribution is 2.02. The molecule has 0 spiro atoms. The third-order valence-electron chi connectivity index (χ3n) is 1.85. The zero-order valence-electron chi connectivity index (χ0n) is 8.34. The largest absolute Gasteiger partial charge is 0.339 e. The third kappa shape index (κ3) is 3.55. The second-order valence-electron chi connectivity index (χ2n) is 3.06. The summed E-state index contributed by atoms with van der Waals surface area (Å²) in [6.07, 6.45) is 4.04. The maximum Gasteiger partial charge on any atom is 0.227 e. The summed E-state index contributed by atoms with van der Waals surface area (Å²) >= 11 is 0. The van der Waals surface area contributed by atoms with E-state index in [-0.39, 0.29) is 0 Å². The first-order valence-corrected chi connectivity index (χ1v) is 4.83. The molecule has 1 N–H and O–H groups in total. The predicted molar refractivity (Wildman–Crippen MR) is 50.5 cm³/mol. The molecule has 0 aliphatic heterocycles. The summed E-state index contributed by atoms with van der Waals surface area (Å²) in [7, 11) is 1.91. The Balaban J connectivity index is 2.34. The summed E-state index contributed by atoms with van der Waals surface area (Å²) in [4.78, 5) is 4.27. The highest BCUT2D eigenvalue weighted by molar-refractivity contribution is 4.86. The van der Waals surface area contributed by atoms with Crippen molar-refractivity contribution in [2.24, 2.45) is 0 Å². The lowest BCUT2D eigenvalue weighted by atomic mass is 10.2. The number of likely N-dealkylation sites (N-methyl/N-ethyl adjacent to an activating group) is 1. The Bertz CT molecular complexity index is 212. The van der Waals surface area contributed by atoms with Gasteiger partial charge in [-0.25, -0.2) is 0 Å². The molecule has 0 saturated carbocycles. The number of hydrogen-bond donors (Lipinski definition) is 1. The third-order valence-corrected chi connectivity index (χ3v) is 1.85. The minimum Gasteiger partial charge on any atom is -0.339 e. The average molecular weight is 183 g/mol. The number of unbranched alkanes of at least 4 members (excludes halogenated alkanes) is 1. The van der Waals surface area contributed by atoms with E-state index in [1.165, 1.54) is 6.42 Å². The molecule has 0 aliphatic rings. The van der Waals surface area contributed by atoms with Gasteiger partial charge >= 0.3 is 0 Å².